The highest BCUT2D eigenvalue weighted by molar-refractivity contribution is 6.31. The predicted octanol–water partition coefficient (Wildman–Crippen LogP) is 4.11. The predicted molar refractivity (Wildman–Crippen MR) is 64.1 cm³/mol. The molecule has 0 N–H and O–H groups in total. The molecular weight excluding hydrogens is 227 g/mol. The minimum Gasteiger partial charge on any atom is -0.298 e. The van der Waals surface area contributed by atoms with E-state index in [1.165, 1.54) is 12.1 Å². The van der Waals surface area contributed by atoms with E-state index in [0.717, 1.165) is 0 Å². The molecule has 0 bridgehead atoms. The summed E-state index contributed by atoms with van der Waals surface area (Å²) in [7, 11) is 0. The van der Waals surface area contributed by atoms with E-state index < -0.39 is 5.38 Å². The Labute approximate surface area is 101 Å². The maximum absolute atomic E-state index is 12.7. The van der Waals surface area contributed by atoms with E-state index in [1.807, 2.05) is 20.8 Å². The van der Waals surface area contributed by atoms with Gasteiger partial charge in [0, 0.05) is 6.42 Å². The molecule has 0 saturated carbocycles. The topological polar surface area (TPSA) is 17.1 Å². The molecule has 1 nitrogen and oxygen atoms in total. The first kappa shape index (κ1) is 13.2. The van der Waals surface area contributed by atoms with Gasteiger partial charge in [-0.3, -0.25) is 4.79 Å². The number of carbonyl (C=O) groups excluding carboxylic acids is 1. The average Bonchev–Trinajstić information content (AvgIpc) is 2.15. The summed E-state index contributed by atoms with van der Waals surface area (Å²) in [6.45, 7) is 5.96. The third-order valence-electron chi connectivity index (χ3n) is 2.15. The second-order valence-corrected chi connectivity index (χ2v) is 5.55. The standard InChI is InChI=1S/C13H16ClFO/c1-13(2,3)8-11(16)12(14)9-4-6-10(15)7-5-9/h4-7,12H,8H2,1-3H3. The lowest BCUT2D eigenvalue weighted by atomic mass is 9.88. The molecule has 0 spiro atoms. The van der Waals surface area contributed by atoms with Gasteiger partial charge >= 0.3 is 0 Å². The fraction of sp³-hybridized carbons (Fsp3) is 0.462. The van der Waals surface area contributed by atoms with Crippen molar-refractivity contribution in [3.8, 4) is 0 Å². The second-order valence-electron chi connectivity index (χ2n) is 5.12. The first-order valence-electron chi connectivity index (χ1n) is 5.22. The Hall–Kier alpha value is -0.890. The highest BCUT2D eigenvalue weighted by Crippen LogP contribution is 2.28. The van der Waals surface area contributed by atoms with Crippen molar-refractivity contribution in [2.75, 3.05) is 0 Å². The lowest BCUT2D eigenvalue weighted by Gasteiger charge is -2.19. The molecular formula is C13H16ClFO. The van der Waals surface area contributed by atoms with Gasteiger partial charge in [0.15, 0.2) is 5.78 Å². The van der Waals surface area contributed by atoms with Crippen LogP contribution < -0.4 is 0 Å². The van der Waals surface area contributed by atoms with Crippen LogP contribution in [0.5, 0.6) is 0 Å². The SMILES string of the molecule is CC(C)(C)CC(=O)C(Cl)c1ccc(F)cc1. The monoisotopic (exact) mass is 242 g/mol. The Kier molecular flexibility index (Phi) is 4.09. The summed E-state index contributed by atoms with van der Waals surface area (Å²) in [5.41, 5.74) is 0.571. The van der Waals surface area contributed by atoms with E-state index >= 15 is 0 Å². The van der Waals surface area contributed by atoms with Gasteiger partial charge in [0.05, 0.1) is 0 Å². The first-order valence-corrected chi connectivity index (χ1v) is 5.65. The summed E-state index contributed by atoms with van der Waals surface area (Å²) in [4.78, 5) is 11.8. The quantitative estimate of drug-likeness (QED) is 0.729. The molecule has 0 aliphatic carbocycles. The van der Waals surface area contributed by atoms with Crippen molar-refractivity contribution in [3.05, 3.63) is 35.6 Å². The van der Waals surface area contributed by atoms with E-state index in [0.29, 0.717) is 12.0 Å². The Morgan fingerprint density at radius 3 is 2.25 bits per heavy atom. The summed E-state index contributed by atoms with van der Waals surface area (Å²) in [5.74, 6) is -0.350. The molecule has 0 aliphatic rings. The number of alkyl halides is 1. The highest BCUT2D eigenvalue weighted by Gasteiger charge is 2.23. The summed E-state index contributed by atoms with van der Waals surface area (Å²) in [6.07, 6.45) is 0.415. The lowest BCUT2D eigenvalue weighted by Crippen LogP contribution is -2.16. The number of rotatable bonds is 3. The van der Waals surface area contributed by atoms with Gasteiger partial charge in [-0.15, -0.1) is 11.6 Å². The summed E-state index contributed by atoms with van der Waals surface area (Å²) >= 11 is 6.04. The van der Waals surface area contributed by atoms with Gasteiger partial charge in [0.1, 0.15) is 11.2 Å². The molecule has 1 unspecified atom stereocenters. The van der Waals surface area contributed by atoms with Crippen molar-refractivity contribution in [2.45, 2.75) is 32.6 Å². The molecule has 1 atom stereocenters. The Morgan fingerprint density at radius 2 is 1.81 bits per heavy atom. The molecule has 16 heavy (non-hydrogen) atoms. The molecule has 0 fully saturated rings. The van der Waals surface area contributed by atoms with Gasteiger partial charge in [-0.25, -0.2) is 4.39 Å². The van der Waals surface area contributed by atoms with Crippen molar-refractivity contribution in [3.63, 3.8) is 0 Å². The van der Waals surface area contributed by atoms with Crippen LogP contribution in [0.25, 0.3) is 0 Å². The van der Waals surface area contributed by atoms with Crippen LogP contribution in [0.2, 0.25) is 0 Å². The number of hydrogen-bond donors (Lipinski definition) is 0. The second kappa shape index (κ2) is 4.96. The smallest absolute Gasteiger partial charge is 0.155 e. The van der Waals surface area contributed by atoms with Crippen molar-refractivity contribution in [2.24, 2.45) is 5.41 Å². The molecule has 1 rings (SSSR count). The Bertz CT molecular complexity index is 365. The molecule has 0 aromatic heterocycles. The van der Waals surface area contributed by atoms with Crippen LogP contribution in [-0.4, -0.2) is 5.78 Å². The molecule has 0 saturated heterocycles. The molecule has 3 heteroatoms. The summed E-state index contributed by atoms with van der Waals surface area (Å²) < 4.78 is 12.7. The number of halogens is 2. The zero-order valence-electron chi connectivity index (χ0n) is 9.76. The fourth-order valence-corrected chi connectivity index (χ4v) is 1.65. The Morgan fingerprint density at radius 1 is 1.31 bits per heavy atom. The van der Waals surface area contributed by atoms with Gasteiger partial charge in [-0.2, -0.15) is 0 Å². The summed E-state index contributed by atoms with van der Waals surface area (Å²) in [6, 6.07) is 5.73. The van der Waals surface area contributed by atoms with E-state index in [2.05, 4.69) is 0 Å². The minimum atomic E-state index is -0.681. The van der Waals surface area contributed by atoms with Crippen molar-refractivity contribution >= 4 is 17.4 Å². The highest BCUT2D eigenvalue weighted by atomic mass is 35.5. The molecule has 88 valence electrons. The number of carbonyl (C=O) groups is 1. The molecule has 1 aromatic carbocycles. The van der Waals surface area contributed by atoms with Crippen molar-refractivity contribution in [1.82, 2.24) is 0 Å². The minimum absolute atomic E-state index is 0.0271. The molecule has 0 radical (unpaired) electrons. The summed E-state index contributed by atoms with van der Waals surface area (Å²) in [5, 5.41) is -0.681. The van der Waals surface area contributed by atoms with Crippen LogP contribution in [0.4, 0.5) is 4.39 Å². The van der Waals surface area contributed by atoms with Crippen molar-refractivity contribution < 1.29 is 9.18 Å². The Balaban J connectivity index is 2.74. The van der Waals surface area contributed by atoms with Gasteiger partial charge in [-0.05, 0) is 23.1 Å². The van der Waals surface area contributed by atoms with E-state index in [-0.39, 0.29) is 17.0 Å². The maximum Gasteiger partial charge on any atom is 0.155 e. The van der Waals surface area contributed by atoms with Crippen LogP contribution >= 0.6 is 11.6 Å². The van der Waals surface area contributed by atoms with Crippen LogP contribution in [0.15, 0.2) is 24.3 Å². The third kappa shape index (κ3) is 3.93. The zero-order valence-corrected chi connectivity index (χ0v) is 10.5. The zero-order chi connectivity index (χ0) is 12.3. The van der Waals surface area contributed by atoms with E-state index in [9.17, 15) is 9.18 Å². The fourth-order valence-electron chi connectivity index (χ4n) is 1.43. The van der Waals surface area contributed by atoms with Crippen LogP contribution in [0, 0.1) is 11.2 Å². The third-order valence-corrected chi connectivity index (χ3v) is 2.65. The molecule has 0 aliphatic heterocycles. The maximum atomic E-state index is 12.7. The van der Waals surface area contributed by atoms with Gasteiger partial charge in [0.25, 0.3) is 0 Å². The van der Waals surface area contributed by atoms with Crippen LogP contribution in [-0.2, 0) is 4.79 Å². The molecule has 1 aromatic rings. The van der Waals surface area contributed by atoms with Gasteiger partial charge < -0.3 is 0 Å². The lowest BCUT2D eigenvalue weighted by molar-refractivity contribution is -0.120. The van der Waals surface area contributed by atoms with Crippen LogP contribution in [0.3, 0.4) is 0 Å². The normalized spacial score (nSPS) is 13.6. The number of benzene rings is 1. The average molecular weight is 243 g/mol. The molecule has 0 heterocycles. The van der Waals surface area contributed by atoms with E-state index in [4.69, 9.17) is 11.6 Å². The first-order chi connectivity index (χ1) is 7.29. The molecule has 0 amide bonds. The van der Waals surface area contributed by atoms with Crippen molar-refractivity contribution in [1.29, 1.82) is 0 Å². The van der Waals surface area contributed by atoms with Crippen LogP contribution in [0.1, 0.15) is 38.1 Å². The van der Waals surface area contributed by atoms with E-state index in [1.54, 1.807) is 12.1 Å². The van der Waals surface area contributed by atoms with Gasteiger partial charge in [0.2, 0.25) is 0 Å². The number of ketones is 1. The number of hydrogen-bond acceptors (Lipinski definition) is 1. The van der Waals surface area contributed by atoms with Gasteiger partial charge in [-0.1, -0.05) is 32.9 Å². The largest absolute Gasteiger partial charge is 0.298 e. The number of Topliss-reactive ketones (excluding diaryl/α,β-unsaturated/α-hetero) is 1.